The van der Waals surface area contributed by atoms with E-state index in [0.717, 1.165) is 18.2 Å². The number of nitrogens with one attached hydrogen (secondary N) is 3. The van der Waals surface area contributed by atoms with Gasteiger partial charge in [-0.05, 0) is 55.5 Å². The van der Waals surface area contributed by atoms with Crippen LogP contribution in [0.15, 0.2) is 64.1 Å². The van der Waals surface area contributed by atoms with E-state index in [1.54, 1.807) is 6.92 Å². The molecule has 0 radical (unpaired) electrons. The fraction of sp³-hybridized carbons (Fsp3) is 0.0526. The molecule has 0 aliphatic carbocycles. The lowest BCUT2D eigenvalue weighted by molar-refractivity contribution is 0.0845. The highest BCUT2D eigenvalue weighted by atomic mass is 35.5. The Bertz CT molecular complexity index is 1210. The van der Waals surface area contributed by atoms with Crippen LogP contribution in [-0.4, -0.2) is 20.2 Å². The van der Waals surface area contributed by atoms with Gasteiger partial charge in [-0.2, -0.15) is 0 Å². The molecule has 0 fully saturated rings. The molecule has 0 aliphatic heterocycles. The molecule has 0 aliphatic rings. The number of benzene rings is 2. The summed E-state index contributed by atoms with van der Waals surface area (Å²) < 4.78 is 45.3. The van der Waals surface area contributed by atoms with Gasteiger partial charge in [0, 0.05) is 11.3 Å². The summed E-state index contributed by atoms with van der Waals surface area (Å²) >= 11 is 5.62. The largest absolute Gasteiger partial charge is 0.469 e. The molecule has 0 saturated heterocycles. The van der Waals surface area contributed by atoms with Gasteiger partial charge in [0.1, 0.15) is 11.6 Å². The summed E-state index contributed by atoms with van der Waals surface area (Å²) in [6.07, 6.45) is 1.35. The minimum absolute atomic E-state index is 0.171. The smallest absolute Gasteiger partial charge is 0.273 e. The van der Waals surface area contributed by atoms with Gasteiger partial charge in [0.2, 0.25) is 0 Å². The van der Waals surface area contributed by atoms with Gasteiger partial charge in [0.25, 0.3) is 21.8 Å². The van der Waals surface area contributed by atoms with Crippen molar-refractivity contribution in [2.45, 2.75) is 11.8 Å². The maximum atomic E-state index is 13.2. The molecule has 3 aromatic rings. The summed E-state index contributed by atoms with van der Waals surface area (Å²) in [5, 5.41) is -0.322. The third-order valence-electron chi connectivity index (χ3n) is 3.99. The Hall–Kier alpha value is -3.37. The molecule has 2 amide bonds. The third kappa shape index (κ3) is 4.78. The number of carbonyl (C=O) groups excluding carboxylic acids is 2. The minimum atomic E-state index is -4.00. The third-order valence-corrected chi connectivity index (χ3v) is 5.66. The molecule has 0 spiro atoms. The number of hydrazine groups is 1. The van der Waals surface area contributed by atoms with E-state index in [-0.39, 0.29) is 26.7 Å². The van der Waals surface area contributed by atoms with Gasteiger partial charge in [0.15, 0.2) is 0 Å². The molecule has 1 heterocycles. The van der Waals surface area contributed by atoms with Crippen molar-refractivity contribution < 1.29 is 26.8 Å². The highest BCUT2D eigenvalue weighted by Gasteiger charge is 2.17. The lowest BCUT2D eigenvalue weighted by atomic mass is 10.2. The number of amides is 2. The van der Waals surface area contributed by atoms with E-state index in [1.165, 1.54) is 36.6 Å². The zero-order valence-electron chi connectivity index (χ0n) is 15.4. The molecule has 11 heteroatoms. The molecular formula is C19H15ClFN3O5S. The van der Waals surface area contributed by atoms with Crippen LogP contribution >= 0.6 is 11.6 Å². The number of halogens is 2. The Morgan fingerprint density at radius 2 is 1.67 bits per heavy atom. The molecule has 8 nitrogen and oxygen atoms in total. The highest BCUT2D eigenvalue weighted by Crippen LogP contribution is 2.22. The number of anilines is 1. The molecule has 3 N–H and O–H groups in total. The molecule has 0 atom stereocenters. The van der Waals surface area contributed by atoms with Crippen LogP contribution in [0.5, 0.6) is 0 Å². The summed E-state index contributed by atoms with van der Waals surface area (Å²) in [5.41, 5.74) is 5.13. The highest BCUT2D eigenvalue weighted by molar-refractivity contribution is 7.92. The minimum Gasteiger partial charge on any atom is -0.469 e. The fourth-order valence-corrected chi connectivity index (χ4v) is 3.75. The monoisotopic (exact) mass is 451 g/mol. The van der Waals surface area contributed by atoms with Crippen LogP contribution in [0, 0.1) is 12.7 Å². The Balaban J connectivity index is 1.64. The summed E-state index contributed by atoms with van der Waals surface area (Å²) in [7, 11) is -4.00. The van der Waals surface area contributed by atoms with E-state index < -0.39 is 27.7 Å². The fourth-order valence-electron chi connectivity index (χ4n) is 2.42. The molecule has 0 bridgehead atoms. The number of hydrogen-bond acceptors (Lipinski definition) is 5. The van der Waals surface area contributed by atoms with Gasteiger partial charge in [-0.3, -0.25) is 25.2 Å². The maximum Gasteiger partial charge on any atom is 0.273 e. The predicted octanol–water partition coefficient (Wildman–Crippen LogP) is 3.26. The van der Waals surface area contributed by atoms with Crippen LogP contribution in [-0.2, 0) is 10.0 Å². The van der Waals surface area contributed by atoms with E-state index in [0.29, 0.717) is 5.76 Å². The summed E-state index contributed by atoms with van der Waals surface area (Å²) in [4.78, 5) is 23.9. The van der Waals surface area contributed by atoms with Crippen molar-refractivity contribution in [2.24, 2.45) is 0 Å². The standard InChI is InChI=1S/C19H15ClFN3O5S/c1-11-15(8-9-29-11)19(26)23-22-18(25)12-2-4-13(5-3-12)24-30(27,28)14-6-7-17(21)16(20)10-14/h2-10,24H,1H3,(H,22,25)(H,23,26). The number of aryl methyl sites for hydroxylation is 1. The molecule has 30 heavy (non-hydrogen) atoms. The zero-order valence-corrected chi connectivity index (χ0v) is 17.0. The molecule has 1 aromatic heterocycles. The molecule has 2 aromatic carbocycles. The summed E-state index contributed by atoms with van der Waals surface area (Å²) in [5.74, 6) is -1.48. The van der Waals surface area contributed by atoms with Gasteiger partial charge in [-0.1, -0.05) is 11.6 Å². The van der Waals surface area contributed by atoms with E-state index >= 15 is 0 Å². The second kappa shape index (κ2) is 8.56. The first-order valence-corrected chi connectivity index (χ1v) is 10.3. The maximum absolute atomic E-state index is 13.2. The number of sulfonamides is 1. The van der Waals surface area contributed by atoms with Crippen molar-refractivity contribution in [3.8, 4) is 0 Å². The quantitative estimate of drug-likeness (QED) is 0.515. The first kappa shape index (κ1) is 21.3. The van der Waals surface area contributed by atoms with E-state index in [1.807, 2.05) is 0 Å². The summed E-state index contributed by atoms with van der Waals surface area (Å²) in [6.45, 7) is 1.61. The summed E-state index contributed by atoms with van der Waals surface area (Å²) in [6, 6.07) is 9.93. The number of rotatable bonds is 5. The van der Waals surface area contributed by atoms with Crippen molar-refractivity contribution >= 4 is 39.1 Å². The first-order chi connectivity index (χ1) is 14.2. The Kier molecular flexibility index (Phi) is 6.09. The van der Waals surface area contributed by atoms with E-state index in [9.17, 15) is 22.4 Å². The molecule has 156 valence electrons. The SMILES string of the molecule is Cc1occc1C(=O)NNC(=O)c1ccc(NS(=O)(=O)c2ccc(F)c(Cl)c2)cc1. The predicted molar refractivity (Wildman–Crippen MR) is 107 cm³/mol. The average molecular weight is 452 g/mol. The molecule has 0 saturated carbocycles. The van der Waals surface area contributed by atoms with E-state index in [2.05, 4.69) is 15.6 Å². The Labute approximate surface area is 176 Å². The van der Waals surface area contributed by atoms with Crippen molar-refractivity contribution in [3.63, 3.8) is 0 Å². The second-order valence-electron chi connectivity index (χ2n) is 6.06. The van der Waals surface area contributed by atoms with Crippen LogP contribution in [0.4, 0.5) is 10.1 Å². The van der Waals surface area contributed by atoms with Crippen LogP contribution in [0.1, 0.15) is 26.5 Å². The van der Waals surface area contributed by atoms with Gasteiger partial charge in [-0.15, -0.1) is 0 Å². The second-order valence-corrected chi connectivity index (χ2v) is 8.15. The van der Waals surface area contributed by atoms with Crippen molar-refractivity contribution in [1.82, 2.24) is 10.9 Å². The van der Waals surface area contributed by atoms with Crippen molar-refractivity contribution in [1.29, 1.82) is 0 Å². The van der Waals surface area contributed by atoms with Crippen LogP contribution in [0.2, 0.25) is 5.02 Å². The lowest BCUT2D eigenvalue weighted by Crippen LogP contribution is -2.41. The first-order valence-electron chi connectivity index (χ1n) is 8.40. The van der Waals surface area contributed by atoms with Crippen LogP contribution < -0.4 is 15.6 Å². The number of carbonyl (C=O) groups is 2. The van der Waals surface area contributed by atoms with Gasteiger partial charge in [0.05, 0.1) is 21.7 Å². The lowest BCUT2D eigenvalue weighted by Gasteiger charge is -2.10. The van der Waals surface area contributed by atoms with Crippen molar-refractivity contribution in [2.75, 3.05) is 4.72 Å². The molecular weight excluding hydrogens is 437 g/mol. The van der Waals surface area contributed by atoms with Gasteiger partial charge >= 0.3 is 0 Å². The van der Waals surface area contributed by atoms with Crippen LogP contribution in [0.25, 0.3) is 0 Å². The number of furan rings is 1. The van der Waals surface area contributed by atoms with Gasteiger partial charge < -0.3 is 4.42 Å². The van der Waals surface area contributed by atoms with Crippen LogP contribution in [0.3, 0.4) is 0 Å². The number of hydrogen-bond donors (Lipinski definition) is 3. The molecule has 3 rings (SSSR count). The Morgan fingerprint density at radius 1 is 1.00 bits per heavy atom. The zero-order chi connectivity index (χ0) is 21.9. The topological polar surface area (TPSA) is 118 Å². The van der Waals surface area contributed by atoms with E-state index in [4.69, 9.17) is 16.0 Å². The van der Waals surface area contributed by atoms with Crippen molar-refractivity contribution in [3.05, 3.63) is 82.5 Å². The molecule has 0 unspecified atom stereocenters. The Morgan fingerprint density at radius 3 is 2.27 bits per heavy atom. The average Bonchev–Trinajstić information content (AvgIpc) is 3.14. The normalized spacial score (nSPS) is 11.0. The van der Waals surface area contributed by atoms with Gasteiger partial charge in [-0.25, -0.2) is 12.8 Å².